The smallest absolute Gasteiger partial charge is 0.171 e. The molecule has 0 saturated heterocycles. The summed E-state index contributed by atoms with van der Waals surface area (Å²) >= 11 is 6.17. The molecule has 4 aromatic rings. The van der Waals surface area contributed by atoms with Crippen LogP contribution in [0.5, 0.6) is 5.75 Å². The van der Waals surface area contributed by atoms with E-state index < -0.39 is 17.5 Å². The summed E-state index contributed by atoms with van der Waals surface area (Å²) in [4.78, 5) is 4.37. The number of nitrogens with zero attached hydrogens (tertiary/aromatic N) is 1. The highest BCUT2D eigenvalue weighted by molar-refractivity contribution is 6.31. The Morgan fingerprint density at radius 2 is 1.65 bits per heavy atom. The van der Waals surface area contributed by atoms with Crippen LogP contribution in [0.3, 0.4) is 0 Å². The second-order valence-electron chi connectivity index (χ2n) is 8.95. The molecular formula is C29H20ClF3N2O2. The Balaban J connectivity index is 1.31. The highest BCUT2D eigenvalue weighted by Crippen LogP contribution is 2.54. The van der Waals surface area contributed by atoms with Gasteiger partial charge in [0.15, 0.2) is 11.6 Å². The van der Waals surface area contributed by atoms with Crippen molar-refractivity contribution in [1.82, 2.24) is 0 Å². The van der Waals surface area contributed by atoms with E-state index in [0.29, 0.717) is 16.7 Å². The molecule has 2 atom stereocenters. The van der Waals surface area contributed by atoms with Gasteiger partial charge in [-0.15, -0.1) is 0 Å². The van der Waals surface area contributed by atoms with Crippen molar-refractivity contribution in [2.45, 2.75) is 18.8 Å². The number of nitrogens with two attached hydrogens (primary N) is 1. The minimum absolute atomic E-state index is 0.0528. The number of ether oxygens (including phenoxy) is 2. The molecule has 186 valence electrons. The molecule has 8 heteroatoms. The van der Waals surface area contributed by atoms with Gasteiger partial charge in [0.05, 0.1) is 13.7 Å². The van der Waals surface area contributed by atoms with E-state index in [0.717, 1.165) is 28.3 Å². The lowest BCUT2D eigenvalue weighted by Gasteiger charge is -2.18. The summed E-state index contributed by atoms with van der Waals surface area (Å²) in [5.74, 6) is -1.51. The van der Waals surface area contributed by atoms with Crippen molar-refractivity contribution >= 4 is 17.4 Å². The minimum atomic E-state index is -0.623. The molecule has 4 nitrogen and oxygen atoms in total. The van der Waals surface area contributed by atoms with E-state index >= 15 is 0 Å². The molecule has 2 bridgehead atoms. The maximum absolute atomic E-state index is 14.6. The molecule has 0 fully saturated rings. The molecule has 0 spiro atoms. The highest BCUT2D eigenvalue weighted by Gasteiger charge is 2.43. The van der Waals surface area contributed by atoms with E-state index in [2.05, 4.69) is 4.99 Å². The topological polar surface area (TPSA) is 56.8 Å². The number of halogens is 4. The quantitative estimate of drug-likeness (QED) is 0.231. The van der Waals surface area contributed by atoms with Gasteiger partial charge in [-0.3, -0.25) is 4.99 Å². The molecule has 0 aliphatic carbocycles. The van der Waals surface area contributed by atoms with Crippen molar-refractivity contribution in [3.05, 3.63) is 123 Å². The number of rotatable bonds is 5. The van der Waals surface area contributed by atoms with Gasteiger partial charge in [-0.2, -0.15) is 0 Å². The van der Waals surface area contributed by atoms with Gasteiger partial charge in [-0.1, -0.05) is 35.9 Å². The third-order valence-corrected chi connectivity index (χ3v) is 7.25. The standard InChI is InChI=1S/C29H20ClF3N2O2/c1-36-25-9-8-23(30)22(26(25)33)13-35-29(34)15-3-6-19-21(11-15)28-20-10-14(2-5-18(20)27(19)37-28)17-7-4-16(31)12-24(17)32/h2-12,27-28H,13H2,1H3,(H2,34,35). The first-order chi connectivity index (χ1) is 17.9. The van der Waals surface area contributed by atoms with Gasteiger partial charge in [0.1, 0.15) is 29.7 Å². The van der Waals surface area contributed by atoms with Crippen LogP contribution in [0.15, 0.2) is 71.7 Å². The lowest BCUT2D eigenvalue weighted by atomic mass is 9.83. The van der Waals surface area contributed by atoms with E-state index in [9.17, 15) is 13.2 Å². The fourth-order valence-corrected chi connectivity index (χ4v) is 5.24. The fourth-order valence-electron chi connectivity index (χ4n) is 5.03. The number of fused-ring (bicyclic) bond motifs is 8. The molecule has 2 aliphatic heterocycles. The summed E-state index contributed by atoms with van der Waals surface area (Å²) in [6, 6.07) is 17.9. The zero-order valence-corrected chi connectivity index (χ0v) is 20.3. The van der Waals surface area contributed by atoms with Crippen LogP contribution in [-0.4, -0.2) is 12.9 Å². The number of methoxy groups -OCH3 is 1. The predicted octanol–water partition coefficient (Wildman–Crippen LogP) is 6.86. The number of amidine groups is 1. The third kappa shape index (κ3) is 3.86. The lowest BCUT2D eigenvalue weighted by Crippen LogP contribution is -2.15. The van der Waals surface area contributed by atoms with Gasteiger partial charge < -0.3 is 15.2 Å². The molecule has 37 heavy (non-hydrogen) atoms. The zero-order valence-electron chi connectivity index (χ0n) is 19.6. The molecule has 0 amide bonds. The van der Waals surface area contributed by atoms with E-state index in [1.165, 1.54) is 25.3 Å². The first-order valence-corrected chi connectivity index (χ1v) is 11.9. The predicted molar refractivity (Wildman–Crippen MR) is 135 cm³/mol. The van der Waals surface area contributed by atoms with Crippen LogP contribution in [0.1, 0.15) is 45.6 Å². The van der Waals surface area contributed by atoms with Gasteiger partial charge in [0, 0.05) is 27.8 Å². The van der Waals surface area contributed by atoms with Crippen molar-refractivity contribution in [1.29, 1.82) is 0 Å². The molecule has 6 rings (SSSR count). The summed E-state index contributed by atoms with van der Waals surface area (Å²) in [5, 5.41) is 0.236. The van der Waals surface area contributed by atoms with Crippen LogP contribution in [0.25, 0.3) is 11.1 Å². The second kappa shape index (κ2) is 8.94. The summed E-state index contributed by atoms with van der Waals surface area (Å²) < 4.78 is 53.7. The lowest BCUT2D eigenvalue weighted by molar-refractivity contribution is 0.0857. The molecule has 0 aromatic heterocycles. The third-order valence-electron chi connectivity index (χ3n) is 6.89. The van der Waals surface area contributed by atoms with Crippen LogP contribution < -0.4 is 10.5 Å². The van der Waals surface area contributed by atoms with Crippen molar-refractivity contribution in [2.75, 3.05) is 7.11 Å². The van der Waals surface area contributed by atoms with Gasteiger partial charge in [-0.05, 0) is 64.2 Å². The number of hydrogen-bond donors (Lipinski definition) is 1. The van der Waals surface area contributed by atoms with Gasteiger partial charge in [-0.25, -0.2) is 13.2 Å². The average Bonchev–Trinajstić information content (AvgIpc) is 3.45. The molecule has 0 radical (unpaired) electrons. The van der Waals surface area contributed by atoms with Crippen LogP contribution in [0, 0.1) is 17.5 Å². The van der Waals surface area contributed by atoms with Crippen molar-refractivity contribution in [3.8, 4) is 16.9 Å². The minimum Gasteiger partial charge on any atom is -0.494 e. The monoisotopic (exact) mass is 520 g/mol. The SMILES string of the molecule is COc1ccc(Cl)c(CN=C(N)c2ccc3c(c2)C2OC3c3ccc(-c4ccc(F)cc4F)cc32)c1F. The van der Waals surface area contributed by atoms with Crippen molar-refractivity contribution in [2.24, 2.45) is 10.7 Å². The molecule has 2 heterocycles. The van der Waals surface area contributed by atoms with E-state index in [1.54, 1.807) is 6.07 Å². The molecule has 4 aromatic carbocycles. The van der Waals surface area contributed by atoms with Crippen molar-refractivity contribution < 1.29 is 22.6 Å². The number of benzene rings is 4. The van der Waals surface area contributed by atoms with Gasteiger partial charge in [0.2, 0.25) is 0 Å². The second-order valence-corrected chi connectivity index (χ2v) is 9.36. The molecule has 0 saturated carbocycles. The molecule has 2 unspecified atom stereocenters. The number of hydrogen-bond acceptors (Lipinski definition) is 3. The Labute approximate surface area is 216 Å². The van der Waals surface area contributed by atoms with Crippen LogP contribution in [0.4, 0.5) is 13.2 Å². The van der Waals surface area contributed by atoms with E-state index in [-0.39, 0.29) is 40.9 Å². The van der Waals surface area contributed by atoms with Crippen LogP contribution in [-0.2, 0) is 11.3 Å². The van der Waals surface area contributed by atoms with Crippen LogP contribution >= 0.6 is 11.6 Å². The number of aliphatic imine (C=N–C) groups is 1. The Morgan fingerprint density at radius 3 is 2.41 bits per heavy atom. The Morgan fingerprint density at radius 1 is 0.919 bits per heavy atom. The normalized spacial score (nSPS) is 17.6. The maximum Gasteiger partial charge on any atom is 0.171 e. The first kappa shape index (κ1) is 23.6. The fraction of sp³-hybridized carbons (Fsp3) is 0.138. The molecular weight excluding hydrogens is 501 g/mol. The Bertz CT molecular complexity index is 1600. The van der Waals surface area contributed by atoms with Gasteiger partial charge >= 0.3 is 0 Å². The summed E-state index contributed by atoms with van der Waals surface area (Å²) in [5.41, 5.74) is 12.0. The Kier molecular flexibility index (Phi) is 5.70. The first-order valence-electron chi connectivity index (χ1n) is 11.6. The zero-order chi connectivity index (χ0) is 25.8. The maximum atomic E-state index is 14.6. The highest BCUT2D eigenvalue weighted by atomic mass is 35.5. The summed E-state index contributed by atoms with van der Waals surface area (Å²) in [7, 11) is 1.38. The molecule has 2 N–H and O–H groups in total. The van der Waals surface area contributed by atoms with Crippen LogP contribution in [0.2, 0.25) is 5.02 Å². The van der Waals surface area contributed by atoms with E-state index in [4.69, 9.17) is 26.8 Å². The summed E-state index contributed by atoms with van der Waals surface area (Å²) in [6.45, 7) is -0.0528. The largest absolute Gasteiger partial charge is 0.494 e. The summed E-state index contributed by atoms with van der Waals surface area (Å²) in [6.07, 6.45) is -0.588. The molecule has 2 aliphatic rings. The van der Waals surface area contributed by atoms with Gasteiger partial charge in [0.25, 0.3) is 0 Å². The van der Waals surface area contributed by atoms with Crippen molar-refractivity contribution in [3.63, 3.8) is 0 Å². The van der Waals surface area contributed by atoms with E-state index in [1.807, 2.05) is 36.4 Å². The average molecular weight is 521 g/mol. The Hall–Kier alpha value is -3.81.